The first kappa shape index (κ1) is 18.2. The fourth-order valence-corrected chi connectivity index (χ4v) is 3.01. The minimum Gasteiger partial charge on any atom is -0.324 e. The van der Waals surface area contributed by atoms with Crippen LogP contribution in [0.3, 0.4) is 0 Å². The van der Waals surface area contributed by atoms with Gasteiger partial charge in [0.1, 0.15) is 6.54 Å². The number of carbonyl (C=O) groups excluding carboxylic acids is 1. The zero-order valence-electron chi connectivity index (χ0n) is 15.7. The number of hydrogen-bond acceptors (Lipinski definition) is 1. The molecule has 3 nitrogen and oxygen atoms in total. The molecule has 2 aromatic rings. The summed E-state index contributed by atoms with van der Waals surface area (Å²) in [5, 5.41) is 3.12. The summed E-state index contributed by atoms with van der Waals surface area (Å²) in [5.41, 5.74) is 6.90. The zero-order valence-corrected chi connectivity index (χ0v) is 15.7. The average molecular weight is 325 g/mol. The molecule has 0 saturated heterocycles. The number of rotatable bonds is 5. The van der Waals surface area contributed by atoms with Crippen molar-refractivity contribution >= 4 is 11.6 Å². The summed E-state index contributed by atoms with van der Waals surface area (Å²) >= 11 is 0. The summed E-state index contributed by atoms with van der Waals surface area (Å²) in [6.45, 7) is 11.1. The lowest BCUT2D eigenvalue weighted by Crippen LogP contribution is -3.12. The predicted molar refractivity (Wildman–Crippen MR) is 101 cm³/mol. The number of aryl methyl sites for hydroxylation is 4. The largest absolute Gasteiger partial charge is 0.324 e. The number of amides is 1. The van der Waals surface area contributed by atoms with Crippen LogP contribution in [0.2, 0.25) is 0 Å². The first-order chi connectivity index (χ1) is 11.3. The SMILES string of the molecule is Cc1ccc(C[NH+](C)[C@H](C)C(=O)Nc2c(C)cc(C)cc2C)cc1. The van der Waals surface area contributed by atoms with Crippen LogP contribution in [-0.4, -0.2) is 19.0 Å². The Morgan fingerprint density at radius 1 is 1.00 bits per heavy atom. The maximum Gasteiger partial charge on any atom is 0.282 e. The molecule has 128 valence electrons. The van der Waals surface area contributed by atoms with Crippen LogP contribution in [0, 0.1) is 27.7 Å². The molecule has 0 saturated carbocycles. The number of nitrogens with one attached hydrogen (secondary N) is 2. The van der Waals surface area contributed by atoms with Gasteiger partial charge in [0.05, 0.1) is 7.05 Å². The van der Waals surface area contributed by atoms with Crippen LogP contribution in [0.4, 0.5) is 5.69 Å². The molecule has 0 aliphatic carbocycles. The highest BCUT2D eigenvalue weighted by molar-refractivity contribution is 5.95. The van der Waals surface area contributed by atoms with Crippen molar-refractivity contribution in [1.82, 2.24) is 0 Å². The Morgan fingerprint density at radius 3 is 2.08 bits per heavy atom. The van der Waals surface area contributed by atoms with Gasteiger partial charge >= 0.3 is 0 Å². The lowest BCUT2D eigenvalue weighted by molar-refractivity contribution is -0.907. The fraction of sp³-hybridized carbons (Fsp3) is 0.381. The van der Waals surface area contributed by atoms with E-state index < -0.39 is 0 Å². The molecule has 0 aromatic heterocycles. The van der Waals surface area contributed by atoms with E-state index in [1.165, 1.54) is 21.6 Å². The molecule has 3 heteroatoms. The molecule has 0 aliphatic rings. The molecule has 1 unspecified atom stereocenters. The molecule has 0 spiro atoms. The van der Waals surface area contributed by atoms with Gasteiger partial charge in [-0.3, -0.25) is 4.79 Å². The maximum atomic E-state index is 12.7. The second-order valence-electron chi connectivity index (χ2n) is 6.99. The van der Waals surface area contributed by atoms with Gasteiger partial charge in [0.2, 0.25) is 0 Å². The summed E-state index contributed by atoms with van der Waals surface area (Å²) in [6, 6.07) is 12.6. The Balaban J connectivity index is 2.05. The van der Waals surface area contributed by atoms with E-state index in [4.69, 9.17) is 0 Å². The average Bonchev–Trinajstić information content (AvgIpc) is 2.52. The third kappa shape index (κ3) is 4.45. The Labute approximate surface area is 145 Å². The standard InChI is InChI=1S/C21H28N2O/c1-14-7-9-19(10-8-14)13-23(6)18(5)21(24)22-20-16(3)11-15(2)12-17(20)4/h7-12,18H,13H2,1-6H3,(H,22,24)/p+1/t18-/m1/s1. The van der Waals surface area contributed by atoms with Crippen LogP contribution in [0.25, 0.3) is 0 Å². The molecule has 0 heterocycles. The van der Waals surface area contributed by atoms with E-state index in [0.29, 0.717) is 0 Å². The van der Waals surface area contributed by atoms with Crippen LogP contribution < -0.4 is 10.2 Å². The number of benzene rings is 2. The van der Waals surface area contributed by atoms with Crippen molar-refractivity contribution in [3.05, 3.63) is 64.2 Å². The first-order valence-corrected chi connectivity index (χ1v) is 8.54. The van der Waals surface area contributed by atoms with E-state index in [2.05, 4.69) is 62.6 Å². The molecular formula is C21H29N2O+. The highest BCUT2D eigenvalue weighted by Crippen LogP contribution is 2.21. The smallest absolute Gasteiger partial charge is 0.282 e. The van der Waals surface area contributed by atoms with Gasteiger partial charge in [-0.2, -0.15) is 0 Å². The summed E-state index contributed by atoms with van der Waals surface area (Å²) in [4.78, 5) is 13.8. The zero-order chi connectivity index (χ0) is 17.9. The van der Waals surface area contributed by atoms with Gasteiger partial charge in [0.15, 0.2) is 6.04 Å². The molecule has 0 fully saturated rings. The Kier molecular flexibility index (Phi) is 5.79. The van der Waals surface area contributed by atoms with E-state index in [1.807, 2.05) is 20.8 Å². The number of hydrogen-bond donors (Lipinski definition) is 2. The van der Waals surface area contributed by atoms with Gasteiger partial charge < -0.3 is 10.2 Å². The van der Waals surface area contributed by atoms with E-state index in [-0.39, 0.29) is 11.9 Å². The Bertz CT molecular complexity index is 696. The molecule has 2 aromatic carbocycles. The van der Waals surface area contributed by atoms with Gasteiger partial charge in [-0.1, -0.05) is 47.5 Å². The topological polar surface area (TPSA) is 33.5 Å². The monoisotopic (exact) mass is 325 g/mol. The van der Waals surface area contributed by atoms with E-state index in [9.17, 15) is 4.79 Å². The van der Waals surface area contributed by atoms with Gasteiger partial charge in [-0.15, -0.1) is 0 Å². The molecule has 0 radical (unpaired) electrons. The Morgan fingerprint density at radius 2 is 1.54 bits per heavy atom. The summed E-state index contributed by atoms with van der Waals surface area (Å²) in [6.07, 6.45) is 0. The van der Waals surface area contributed by atoms with E-state index in [1.54, 1.807) is 0 Å². The second-order valence-corrected chi connectivity index (χ2v) is 6.99. The van der Waals surface area contributed by atoms with Crippen LogP contribution in [0.5, 0.6) is 0 Å². The number of carbonyl (C=O) groups is 1. The van der Waals surface area contributed by atoms with Crippen molar-refractivity contribution in [2.45, 2.75) is 47.2 Å². The van der Waals surface area contributed by atoms with Crippen molar-refractivity contribution in [3.63, 3.8) is 0 Å². The summed E-state index contributed by atoms with van der Waals surface area (Å²) < 4.78 is 0. The van der Waals surface area contributed by atoms with Gasteiger partial charge in [-0.25, -0.2) is 0 Å². The van der Waals surface area contributed by atoms with Crippen LogP contribution >= 0.6 is 0 Å². The predicted octanol–water partition coefficient (Wildman–Crippen LogP) is 2.96. The van der Waals surface area contributed by atoms with Crippen molar-refractivity contribution in [3.8, 4) is 0 Å². The third-order valence-corrected chi connectivity index (χ3v) is 4.66. The fourth-order valence-electron chi connectivity index (χ4n) is 3.01. The molecule has 1 amide bonds. The van der Waals surface area contributed by atoms with Crippen LogP contribution in [0.1, 0.15) is 34.7 Å². The number of quaternary nitrogens is 1. The Hall–Kier alpha value is -2.13. The normalized spacial score (nSPS) is 13.4. The molecule has 0 aliphatic heterocycles. The molecule has 2 atom stereocenters. The minimum atomic E-state index is -0.119. The lowest BCUT2D eigenvalue weighted by atomic mass is 10.0. The van der Waals surface area contributed by atoms with Gasteiger partial charge in [0.25, 0.3) is 5.91 Å². The lowest BCUT2D eigenvalue weighted by Gasteiger charge is -2.22. The summed E-state index contributed by atoms with van der Waals surface area (Å²) in [5.74, 6) is 0.0645. The van der Waals surface area contributed by atoms with Crippen molar-refractivity contribution in [2.24, 2.45) is 0 Å². The van der Waals surface area contributed by atoms with Crippen LogP contribution in [-0.2, 0) is 11.3 Å². The van der Waals surface area contributed by atoms with Crippen molar-refractivity contribution in [2.75, 3.05) is 12.4 Å². The highest BCUT2D eigenvalue weighted by atomic mass is 16.2. The molecule has 0 bridgehead atoms. The molecule has 24 heavy (non-hydrogen) atoms. The summed E-state index contributed by atoms with van der Waals surface area (Å²) in [7, 11) is 2.07. The highest BCUT2D eigenvalue weighted by Gasteiger charge is 2.23. The number of likely N-dealkylation sites (N-methyl/N-ethyl adjacent to an activating group) is 1. The van der Waals surface area contributed by atoms with Gasteiger partial charge in [0, 0.05) is 11.3 Å². The maximum absolute atomic E-state index is 12.7. The first-order valence-electron chi connectivity index (χ1n) is 8.54. The van der Waals surface area contributed by atoms with Crippen LogP contribution in [0.15, 0.2) is 36.4 Å². The molecular weight excluding hydrogens is 296 g/mol. The van der Waals surface area contributed by atoms with Crippen molar-refractivity contribution < 1.29 is 9.69 Å². The quantitative estimate of drug-likeness (QED) is 0.871. The minimum absolute atomic E-state index is 0.0645. The van der Waals surface area contributed by atoms with Crippen molar-refractivity contribution in [1.29, 1.82) is 0 Å². The van der Waals surface area contributed by atoms with E-state index >= 15 is 0 Å². The van der Waals surface area contributed by atoms with E-state index in [0.717, 1.165) is 23.4 Å². The van der Waals surface area contributed by atoms with Gasteiger partial charge in [-0.05, 0) is 45.7 Å². The molecule has 2 rings (SSSR count). The molecule has 2 N–H and O–H groups in total. The third-order valence-electron chi connectivity index (χ3n) is 4.66. The second kappa shape index (κ2) is 7.63. The number of anilines is 1.